The molecule has 1 rings (SSSR count). The van der Waals surface area contributed by atoms with Gasteiger partial charge in [0.05, 0.1) is 6.61 Å². The van der Waals surface area contributed by atoms with Crippen molar-refractivity contribution in [3.63, 3.8) is 0 Å². The zero-order chi connectivity index (χ0) is 25.4. The maximum atomic E-state index is 11.9. The second-order valence-corrected chi connectivity index (χ2v) is 9.96. The highest BCUT2D eigenvalue weighted by Crippen LogP contribution is 2.14. The third kappa shape index (κ3) is 19.1. The van der Waals surface area contributed by atoms with E-state index in [9.17, 15) is 9.59 Å². The molecule has 0 atom stereocenters. The Morgan fingerprint density at radius 2 is 1.06 bits per heavy atom. The zero-order valence-corrected chi connectivity index (χ0v) is 22.8. The Morgan fingerprint density at radius 1 is 0.600 bits per heavy atom. The van der Waals surface area contributed by atoms with Crippen molar-refractivity contribution in [1.29, 1.82) is 0 Å². The summed E-state index contributed by atoms with van der Waals surface area (Å²) < 4.78 is 10.6. The summed E-state index contributed by atoms with van der Waals surface area (Å²) in [6, 6.07) is 7.86. The van der Waals surface area contributed by atoms with Crippen molar-refractivity contribution in [1.82, 2.24) is 0 Å². The molecule has 0 spiro atoms. The third-order valence-electron chi connectivity index (χ3n) is 6.67. The summed E-state index contributed by atoms with van der Waals surface area (Å²) in [5.41, 5.74) is 2.12. The van der Waals surface area contributed by atoms with Crippen LogP contribution in [-0.2, 0) is 25.7 Å². The molecular weight excluding hydrogens is 436 g/mol. The van der Waals surface area contributed by atoms with E-state index in [0.29, 0.717) is 13.0 Å². The number of carbonyl (C=O) groups excluding carboxylic acids is 2. The fraction of sp³-hybridized carbons (Fsp3) is 0.742. The molecule has 0 heterocycles. The van der Waals surface area contributed by atoms with Gasteiger partial charge >= 0.3 is 11.9 Å². The molecule has 0 N–H and O–H groups in total. The lowest BCUT2D eigenvalue weighted by atomic mass is 10.0. The molecule has 0 radical (unpaired) electrons. The molecule has 0 saturated heterocycles. The summed E-state index contributed by atoms with van der Waals surface area (Å²) in [5.74, 6) is -0.475. The lowest BCUT2D eigenvalue weighted by Gasteiger charge is -2.07. The van der Waals surface area contributed by atoms with Crippen LogP contribution in [-0.4, -0.2) is 18.5 Å². The van der Waals surface area contributed by atoms with Gasteiger partial charge in [-0.3, -0.25) is 9.59 Å². The SMILES string of the molecule is CCCCCCCCCCCCCCCCCCOC(=O)CCCC(=O)OCc1ccccc1C. The molecule has 0 bridgehead atoms. The molecule has 0 aliphatic heterocycles. The fourth-order valence-corrected chi connectivity index (χ4v) is 4.29. The number of esters is 2. The molecule has 0 amide bonds. The van der Waals surface area contributed by atoms with Crippen LogP contribution in [0.25, 0.3) is 0 Å². The summed E-state index contributed by atoms with van der Waals surface area (Å²) >= 11 is 0. The van der Waals surface area contributed by atoms with E-state index in [2.05, 4.69) is 6.92 Å². The summed E-state index contributed by atoms with van der Waals surface area (Å²) in [7, 11) is 0. The van der Waals surface area contributed by atoms with Gasteiger partial charge in [0.1, 0.15) is 6.61 Å². The Kier molecular flexibility index (Phi) is 20.2. The highest BCUT2D eigenvalue weighted by Gasteiger charge is 2.08. The fourth-order valence-electron chi connectivity index (χ4n) is 4.29. The lowest BCUT2D eigenvalue weighted by Crippen LogP contribution is -2.09. The molecular formula is C31H52O4. The molecule has 35 heavy (non-hydrogen) atoms. The van der Waals surface area contributed by atoms with Gasteiger partial charge in [0.25, 0.3) is 0 Å². The second-order valence-electron chi connectivity index (χ2n) is 9.96. The minimum absolute atomic E-state index is 0.210. The first-order valence-electron chi connectivity index (χ1n) is 14.5. The van der Waals surface area contributed by atoms with Gasteiger partial charge in [-0.05, 0) is 30.9 Å². The summed E-state index contributed by atoms with van der Waals surface area (Å²) in [5, 5.41) is 0. The molecule has 0 unspecified atom stereocenters. The summed E-state index contributed by atoms with van der Waals surface area (Å²) in [4.78, 5) is 23.7. The van der Waals surface area contributed by atoms with Crippen molar-refractivity contribution in [2.24, 2.45) is 0 Å². The van der Waals surface area contributed by atoms with Crippen LogP contribution in [0.3, 0.4) is 0 Å². The molecule has 1 aromatic rings. The van der Waals surface area contributed by atoms with Crippen LogP contribution in [0.5, 0.6) is 0 Å². The maximum absolute atomic E-state index is 11.9. The highest BCUT2D eigenvalue weighted by atomic mass is 16.5. The first-order chi connectivity index (χ1) is 17.1. The van der Waals surface area contributed by atoms with E-state index in [1.54, 1.807) is 0 Å². The van der Waals surface area contributed by atoms with Crippen molar-refractivity contribution >= 4 is 11.9 Å². The molecule has 0 aliphatic carbocycles. The van der Waals surface area contributed by atoms with Gasteiger partial charge in [-0.2, -0.15) is 0 Å². The van der Waals surface area contributed by atoms with Crippen LogP contribution in [0.4, 0.5) is 0 Å². The Bertz CT molecular complexity index is 655. The van der Waals surface area contributed by atoms with E-state index in [1.807, 2.05) is 31.2 Å². The van der Waals surface area contributed by atoms with Crippen molar-refractivity contribution in [2.45, 2.75) is 142 Å². The largest absolute Gasteiger partial charge is 0.466 e. The molecule has 0 aromatic heterocycles. The lowest BCUT2D eigenvalue weighted by molar-refractivity contribution is -0.146. The molecule has 0 fully saturated rings. The van der Waals surface area contributed by atoms with Crippen molar-refractivity contribution in [3.05, 3.63) is 35.4 Å². The molecule has 4 heteroatoms. The van der Waals surface area contributed by atoms with Crippen LogP contribution in [0, 0.1) is 6.92 Å². The normalized spacial score (nSPS) is 10.9. The van der Waals surface area contributed by atoms with E-state index in [1.165, 1.54) is 89.9 Å². The van der Waals surface area contributed by atoms with Gasteiger partial charge in [0, 0.05) is 12.8 Å². The summed E-state index contributed by atoms with van der Waals surface area (Å²) in [6.07, 6.45) is 22.3. The minimum atomic E-state index is -0.265. The topological polar surface area (TPSA) is 52.6 Å². The van der Waals surface area contributed by atoms with Gasteiger partial charge < -0.3 is 9.47 Å². The van der Waals surface area contributed by atoms with Crippen molar-refractivity contribution in [2.75, 3.05) is 6.61 Å². The van der Waals surface area contributed by atoms with Crippen LogP contribution >= 0.6 is 0 Å². The Morgan fingerprint density at radius 3 is 1.57 bits per heavy atom. The quantitative estimate of drug-likeness (QED) is 0.114. The standard InChI is InChI=1S/C31H52O4/c1-3-4-5-6-7-8-9-10-11-12-13-14-15-16-17-20-26-34-30(32)24-21-25-31(33)35-27-29-23-19-18-22-28(29)2/h18-19,22-23H,3-17,20-21,24-27H2,1-2H3. The molecule has 200 valence electrons. The van der Waals surface area contributed by atoms with Crippen molar-refractivity contribution < 1.29 is 19.1 Å². The Hall–Kier alpha value is -1.84. The van der Waals surface area contributed by atoms with Gasteiger partial charge in [-0.15, -0.1) is 0 Å². The van der Waals surface area contributed by atoms with E-state index in [4.69, 9.17) is 9.47 Å². The Labute approximate surface area is 215 Å². The number of hydrogen-bond acceptors (Lipinski definition) is 4. The predicted molar refractivity (Wildman–Crippen MR) is 145 cm³/mol. The van der Waals surface area contributed by atoms with Gasteiger partial charge in [-0.1, -0.05) is 128 Å². The average molecular weight is 489 g/mol. The van der Waals surface area contributed by atoms with E-state index >= 15 is 0 Å². The maximum Gasteiger partial charge on any atom is 0.306 e. The molecule has 4 nitrogen and oxygen atoms in total. The molecule has 0 saturated carbocycles. The highest BCUT2D eigenvalue weighted by molar-refractivity contribution is 5.72. The number of rotatable bonds is 23. The number of ether oxygens (including phenoxy) is 2. The van der Waals surface area contributed by atoms with E-state index < -0.39 is 0 Å². The average Bonchev–Trinajstić information content (AvgIpc) is 2.85. The van der Waals surface area contributed by atoms with Crippen LogP contribution in [0.15, 0.2) is 24.3 Å². The van der Waals surface area contributed by atoms with E-state index in [-0.39, 0.29) is 31.4 Å². The van der Waals surface area contributed by atoms with E-state index in [0.717, 1.165) is 24.0 Å². The first kappa shape index (κ1) is 31.2. The minimum Gasteiger partial charge on any atom is -0.466 e. The smallest absolute Gasteiger partial charge is 0.306 e. The van der Waals surface area contributed by atoms with Gasteiger partial charge in [0.15, 0.2) is 0 Å². The van der Waals surface area contributed by atoms with Crippen molar-refractivity contribution in [3.8, 4) is 0 Å². The number of benzene rings is 1. The van der Waals surface area contributed by atoms with Crippen LogP contribution < -0.4 is 0 Å². The third-order valence-corrected chi connectivity index (χ3v) is 6.67. The number of aryl methyl sites for hydroxylation is 1. The van der Waals surface area contributed by atoms with Gasteiger partial charge in [0.2, 0.25) is 0 Å². The number of carbonyl (C=O) groups is 2. The van der Waals surface area contributed by atoms with Crippen LogP contribution in [0.2, 0.25) is 0 Å². The van der Waals surface area contributed by atoms with Crippen LogP contribution in [0.1, 0.15) is 140 Å². The second kappa shape index (κ2) is 22.6. The number of hydrogen-bond donors (Lipinski definition) is 0. The Balaban J connectivity index is 1.81. The first-order valence-corrected chi connectivity index (χ1v) is 14.5. The van der Waals surface area contributed by atoms with Gasteiger partial charge in [-0.25, -0.2) is 0 Å². The molecule has 1 aromatic carbocycles. The summed E-state index contributed by atoms with van der Waals surface area (Å²) in [6.45, 7) is 5.06. The predicted octanol–water partition coefficient (Wildman–Crippen LogP) is 9.01. The monoisotopic (exact) mass is 488 g/mol. The zero-order valence-electron chi connectivity index (χ0n) is 22.8. The number of unbranched alkanes of at least 4 members (excludes halogenated alkanes) is 15. The molecule has 0 aliphatic rings.